The molecule has 0 aliphatic heterocycles. The molecule has 0 saturated carbocycles. The van der Waals surface area contributed by atoms with E-state index >= 15 is 0 Å². The normalized spacial score (nSPS) is 13.0. The fraction of sp³-hybridized carbons (Fsp3) is 0.529. The van der Waals surface area contributed by atoms with Crippen molar-refractivity contribution in [3.63, 3.8) is 0 Å². The lowest BCUT2D eigenvalue weighted by Gasteiger charge is -2.01. The van der Waals surface area contributed by atoms with E-state index in [0.717, 1.165) is 12.8 Å². The fourth-order valence-electron chi connectivity index (χ4n) is 1.44. The predicted octanol–water partition coefficient (Wildman–Crippen LogP) is 2.82. The van der Waals surface area contributed by atoms with Crippen LogP contribution in [0.1, 0.15) is 45.4 Å². The summed E-state index contributed by atoms with van der Waals surface area (Å²) in [6.07, 6.45) is 9.79. The van der Waals surface area contributed by atoms with Crippen LogP contribution in [-0.4, -0.2) is 22.4 Å². The van der Waals surface area contributed by atoms with Gasteiger partial charge in [0.2, 0.25) is 0 Å². The van der Waals surface area contributed by atoms with Crippen molar-refractivity contribution < 1.29 is 10.2 Å². The monoisotopic (exact) mass is 260 g/mol. The zero-order valence-corrected chi connectivity index (χ0v) is 11.7. The second-order valence-electron chi connectivity index (χ2n) is 4.34. The second kappa shape index (κ2) is 13.0. The summed E-state index contributed by atoms with van der Waals surface area (Å²) in [5.74, 6) is 10.6. The van der Waals surface area contributed by atoms with Crippen molar-refractivity contribution in [2.75, 3.05) is 0 Å². The van der Waals surface area contributed by atoms with E-state index in [1.807, 2.05) is 0 Å². The molecule has 2 heteroatoms. The molecule has 0 aromatic rings. The van der Waals surface area contributed by atoms with Gasteiger partial charge >= 0.3 is 0 Å². The Morgan fingerprint density at radius 2 is 1.84 bits per heavy atom. The van der Waals surface area contributed by atoms with Gasteiger partial charge in [0, 0.05) is 0 Å². The van der Waals surface area contributed by atoms with Crippen molar-refractivity contribution >= 4 is 0 Å². The Labute approximate surface area is 117 Å². The minimum Gasteiger partial charge on any atom is -0.385 e. The van der Waals surface area contributed by atoms with Gasteiger partial charge in [0.15, 0.2) is 0 Å². The molecule has 104 valence electrons. The molecular weight excluding hydrogens is 236 g/mol. The number of hydrogen-bond acceptors (Lipinski definition) is 2. The van der Waals surface area contributed by atoms with Gasteiger partial charge in [-0.3, -0.25) is 0 Å². The van der Waals surface area contributed by atoms with E-state index < -0.39 is 12.2 Å². The molecule has 0 spiro atoms. The number of unbranched alkanes of at least 4 members (excludes halogenated alkanes) is 4. The largest absolute Gasteiger partial charge is 0.385 e. The lowest BCUT2D eigenvalue weighted by atomic mass is 10.1. The maximum Gasteiger partial charge on any atom is 0.115 e. The molecular formula is C17H24O2. The van der Waals surface area contributed by atoms with Crippen LogP contribution in [0.2, 0.25) is 0 Å². The minimum atomic E-state index is -0.670. The van der Waals surface area contributed by atoms with E-state index in [-0.39, 0.29) is 0 Å². The van der Waals surface area contributed by atoms with E-state index in [1.165, 1.54) is 37.5 Å². The van der Waals surface area contributed by atoms with E-state index in [0.29, 0.717) is 6.42 Å². The summed E-state index contributed by atoms with van der Waals surface area (Å²) < 4.78 is 0. The van der Waals surface area contributed by atoms with Crippen LogP contribution in [0, 0.1) is 23.7 Å². The molecule has 19 heavy (non-hydrogen) atoms. The molecule has 0 saturated heterocycles. The van der Waals surface area contributed by atoms with Gasteiger partial charge < -0.3 is 10.2 Å². The van der Waals surface area contributed by atoms with Crippen LogP contribution in [0.5, 0.6) is 0 Å². The zero-order chi connectivity index (χ0) is 14.3. The summed E-state index contributed by atoms with van der Waals surface area (Å²) in [4.78, 5) is 0. The molecule has 0 heterocycles. The summed E-state index contributed by atoms with van der Waals surface area (Å²) in [7, 11) is 0. The Kier molecular flexibility index (Phi) is 12.0. The maximum absolute atomic E-state index is 9.58. The molecule has 0 bridgehead atoms. The molecule has 0 aliphatic rings. The SMILES string of the molecule is C=CC(O)C=CC#CC#CC(O)CCCCCCC. The average molecular weight is 260 g/mol. The van der Waals surface area contributed by atoms with Crippen molar-refractivity contribution in [1.29, 1.82) is 0 Å². The first-order chi connectivity index (χ1) is 9.20. The highest BCUT2D eigenvalue weighted by molar-refractivity contribution is 5.32. The van der Waals surface area contributed by atoms with Crippen LogP contribution in [0.15, 0.2) is 24.8 Å². The molecule has 0 aromatic carbocycles. The zero-order valence-electron chi connectivity index (χ0n) is 11.7. The lowest BCUT2D eigenvalue weighted by molar-refractivity contribution is 0.217. The number of allylic oxidation sites excluding steroid dienone is 1. The third kappa shape index (κ3) is 12.8. The maximum atomic E-state index is 9.58. The first-order valence-corrected chi connectivity index (χ1v) is 6.87. The number of aliphatic hydroxyl groups is 2. The van der Waals surface area contributed by atoms with Gasteiger partial charge in [0.05, 0.1) is 6.10 Å². The molecule has 0 radical (unpaired) electrons. The number of hydrogen-bond donors (Lipinski definition) is 2. The molecule has 0 rings (SSSR count). The summed E-state index contributed by atoms with van der Waals surface area (Å²) >= 11 is 0. The van der Waals surface area contributed by atoms with Crippen molar-refractivity contribution in [2.45, 2.75) is 57.7 Å². The topological polar surface area (TPSA) is 40.5 Å². The van der Waals surface area contributed by atoms with Crippen LogP contribution in [0.4, 0.5) is 0 Å². The molecule has 0 aliphatic carbocycles. The third-order valence-corrected chi connectivity index (χ3v) is 2.57. The quantitative estimate of drug-likeness (QED) is 0.400. The molecule has 0 aromatic heterocycles. The molecule has 2 nitrogen and oxygen atoms in total. The van der Waals surface area contributed by atoms with Crippen molar-refractivity contribution in [2.24, 2.45) is 0 Å². The molecule has 0 amide bonds. The van der Waals surface area contributed by atoms with E-state index in [9.17, 15) is 5.11 Å². The van der Waals surface area contributed by atoms with Crippen LogP contribution in [-0.2, 0) is 0 Å². The molecule has 2 atom stereocenters. The average Bonchev–Trinajstić information content (AvgIpc) is 2.42. The Bertz CT molecular complexity index is 374. The van der Waals surface area contributed by atoms with Crippen LogP contribution in [0.25, 0.3) is 0 Å². The first-order valence-electron chi connectivity index (χ1n) is 6.87. The molecule has 2 N–H and O–H groups in total. The molecule has 0 fully saturated rings. The van der Waals surface area contributed by atoms with Gasteiger partial charge in [-0.1, -0.05) is 50.5 Å². The number of aliphatic hydroxyl groups excluding tert-OH is 2. The Morgan fingerprint density at radius 1 is 1.11 bits per heavy atom. The van der Waals surface area contributed by atoms with Crippen molar-refractivity contribution in [1.82, 2.24) is 0 Å². The van der Waals surface area contributed by atoms with Crippen LogP contribution in [0.3, 0.4) is 0 Å². The third-order valence-electron chi connectivity index (χ3n) is 2.57. The van der Waals surface area contributed by atoms with Gasteiger partial charge in [0.25, 0.3) is 0 Å². The smallest absolute Gasteiger partial charge is 0.115 e. The highest BCUT2D eigenvalue weighted by atomic mass is 16.3. The Morgan fingerprint density at radius 3 is 2.53 bits per heavy atom. The van der Waals surface area contributed by atoms with Crippen LogP contribution < -0.4 is 0 Å². The van der Waals surface area contributed by atoms with Gasteiger partial charge in [-0.2, -0.15) is 0 Å². The molecule has 2 unspecified atom stereocenters. The van der Waals surface area contributed by atoms with E-state index in [4.69, 9.17) is 5.11 Å². The summed E-state index contributed by atoms with van der Waals surface area (Å²) in [5, 5.41) is 18.7. The van der Waals surface area contributed by atoms with E-state index in [2.05, 4.69) is 37.2 Å². The lowest BCUT2D eigenvalue weighted by Crippen LogP contribution is -2.01. The highest BCUT2D eigenvalue weighted by Crippen LogP contribution is 2.06. The van der Waals surface area contributed by atoms with Gasteiger partial charge in [-0.05, 0) is 36.8 Å². The van der Waals surface area contributed by atoms with Gasteiger partial charge in [-0.25, -0.2) is 0 Å². The summed E-state index contributed by atoms with van der Waals surface area (Å²) in [6.45, 7) is 5.62. The van der Waals surface area contributed by atoms with Crippen LogP contribution >= 0.6 is 0 Å². The van der Waals surface area contributed by atoms with Gasteiger partial charge in [-0.15, -0.1) is 6.58 Å². The predicted molar refractivity (Wildman–Crippen MR) is 80.3 cm³/mol. The van der Waals surface area contributed by atoms with Crippen molar-refractivity contribution in [3.05, 3.63) is 24.8 Å². The summed E-state index contributed by atoms with van der Waals surface area (Å²) in [5.41, 5.74) is 0. The first kappa shape index (κ1) is 17.5. The Hall–Kier alpha value is -1.48. The number of rotatable bonds is 8. The second-order valence-corrected chi connectivity index (χ2v) is 4.34. The highest BCUT2D eigenvalue weighted by Gasteiger charge is 1.97. The van der Waals surface area contributed by atoms with E-state index in [1.54, 1.807) is 0 Å². The van der Waals surface area contributed by atoms with Crippen molar-refractivity contribution in [3.8, 4) is 23.7 Å². The van der Waals surface area contributed by atoms with Gasteiger partial charge in [0.1, 0.15) is 6.10 Å². The summed E-state index contributed by atoms with van der Waals surface area (Å²) in [6, 6.07) is 0. The minimum absolute atomic E-state index is 0.585. The Balaban J connectivity index is 3.79. The standard InChI is InChI=1S/C17H24O2/c1-3-5-6-7-11-14-17(19)15-12-9-8-10-13-16(18)4-2/h4,10,13,16-19H,2-3,5-7,11,14H2,1H3. The fourth-order valence-corrected chi connectivity index (χ4v) is 1.44.